The molecule has 0 amide bonds. The fourth-order valence-corrected chi connectivity index (χ4v) is 3.89. The van der Waals surface area contributed by atoms with Gasteiger partial charge in [-0.25, -0.2) is 4.98 Å². The van der Waals surface area contributed by atoms with Crippen molar-refractivity contribution in [2.75, 3.05) is 11.6 Å². The van der Waals surface area contributed by atoms with Gasteiger partial charge in [0.25, 0.3) is 0 Å². The number of thiocarbonyl (C=S) groups is 1. The molecule has 2 rings (SSSR count). The highest BCUT2D eigenvalue weighted by atomic mass is 32.2. The zero-order chi connectivity index (χ0) is 13.8. The molecule has 1 saturated carbocycles. The third-order valence-corrected chi connectivity index (χ3v) is 5.11. The Kier molecular flexibility index (Phi) is 5.05. The maximum Gasteiger partial charge on any atom is 0.136 e. The number of anilines is 1. The van der Waals surface area contributed by atoms with Crippen LogP contribution in [0.5, 0.6) is 0 Å². The zero-order valence-electron chi connectivity index (χ0n) is 11.5. The Morgan fingerprint density at radius 1 is 1.47 bits per heavy atom. The van der Waals surface area contributed by atoms with E-state index < -0.39 is 0 Å². The van der Waals surface area contributed by atoms with Gasteiger partial charge in [-0.1, -0.05) is 25.1 Å². The average molecular weight is 295 g/mol. The van der Waals surface area contributed by atoms with Crippen molar-refractivity contribution in [1.82, 2.24) is 4.98 Å². The van der Waals surface area contributed by atoms with E-state index >= 15 is 0 Å². The molecule has 1 aromatic heterocycles. The summed E-state index contributed by atoms with van der Waals surface area (Å²) < 4.78 is 0. The second kappa shape index (κ2) is 6.57. The minimum atomic E-state index is 0.421. The predicted molar refractivity (Wildman–Crippen MR) is 88.0 cm³/mol. The standard InChI is InChI=1S/C14H21N3S2/c1-9-7-8-16-14(12(9)13(15)18)17-10-5-3-4-6-11(10)19-2/h7-8,10-11H,3-6H2,1-2H3,(H2,15,18)(H,16,17). The summed E-state index contributed by atoms with van der Waals surface area (Å²) in [5.41, 5.74) is 7.81. The molecule has 104 valence electrons. The number of aromatic nitrogens is 1. The van der Waals surface area contributed by atoms with Crippen LogP contribution in [0.4, 0.5) is 5.82 Å². The number of nitrogens with zero attached hydrogens (tertiary/aromatic N) is 1. The molecule has 0 bridgehead atoms. The molecule has 3 nitrogen and oxygen atoms in total. The van der Waals surface area contributed by atoms with Crippen LogP contribution < -0.4 is 11.1 Å². The summed E-state index contributed by atoms with van der Waals surface area (Å²) in [6.45, 7) is 2.02. The highest BCUT2D eigenvalue weighted by Crippen LogP contribution is 2.30. The fourth-order valence-electron chi connectivity index (χ4n) is 2.70. The van der Waals surface area contributed by atoms with Crippen LogP contribution in [0.15, 0.2) is 12.3 Å². The van der Waals surface area contributed by atoms with E-state index in [1.807, 2.05) is 30.9 Å². The van der Waals surface area contributed by atoms with E-state index in [9.17, 15) is 0 Å². The molecule has 0 aromatic carbocycles. The summed E-state index contributed by atoms with van der Waals surface area (Å²) >= 11 is 7.09. The molecule has 1 aliphatic rings. The Labute approximate surface area is 124 Å². The van der Waals surface area contributed by atoms with Crippen LogP contribution >= 0.6 is 24.0 Å². The first-order valence-corrected chi connectivity index (χ1v) is 8.38. The maximum atomic E-state index is 5.83. The Hall–Kier alpha value is -0.810. The first kappa shape index (κ1) is 14.6. The van der Waals surface area contributed by atoms with Crippen LogP contribution in [-0.2, 0) is 0 Å². The number of nitrogens with two attached hydrogens (primary N) is 1. The molecule has 1 heterocycles. The molecule has 19 heavy (non-hydrogen) atoms. The van der Waals surface area contributed by atoms with Gasteiger partial charge in [-0.05, 0) is 37.7 Å². The summed E-state index contributed by atoms with van der Waals surface area (Å²) in [6.07, 6.45) is 9.07. The number of hydrogen-bond acceptors (Lipinski definition) is 4. The van der Waals surface area contributed by atoms with Crippen molar-refractivity contribution >= 4 is 34.8 Å². The van der Waals surface area contributed by atoms with Gasteiger partial charge >= 0.3 is 0 Å². The van der Waals surface area contributed by atoms with Crippen LogP contribution in [0.2, 0.25) is 0 Å². The SMILES string of the molecule is CSC1CCCCC1Nc1nccc(C)c1C(N)=S. The number of hydrogen-bond donors (Lipinski definition) is 2. The quantitative estimate of drug-likeness (QED) is 0.836. The number of thioether (sulfide) groups is 1. The Balaban J connectivity index is 2.22. The number of aryl methyl sites for hydroxylation is 1. The molecular weight excluding hydrogens is 274 g/mol. The zero-order valence-corrected chi connectivity index (χ0v) is 13.1. The second-order valence-electron chi connectivity index (χ2n) is 5.03. The van der Waals surface area contributed by atoms with Gasteiger partial charge in [0.1, 0.15) is 10.8 Å². The lowest BCUT2D eigenvalue weighted by Crippen LogP contribution is -2.35. The molecule has 0 aliphatic heterocycles. The number of nitrogens with one attached hydrogen (secondary N) is 1. The van der Waals surface area contributed by atoms with Crippen molar-refractivity contribution in [3.63, 3.8) is 0 Å². The third-order valence-electron chi connectivity index (χ3n) is 3.73. The largest absolute Gasteiger partial charge is 0.389 e. The van der Waals surface area contributed by atoms with Crippen molar-refractivity contribution in [2.45, 2.75) is 43.9 Å². The fraction of sp³-hybridized carbons (Fsp3) is 0.571. The van der Waals surface area contributed by atoms with E-state index in [4.69, 9.17) is 18.0 Å². The summed E-state index contributed by atoms with van der Waals surface area (Å²) in [6, 6.07) is 2.42. The molecule has 2 atom stereocenters. The van der Waals surface area contributed by atoms with Gasteiger partial charge in [0.2, 0.25) is 0 Å². The van der Waals surface area contributed by atoms with Gasteiger partial charge < -0.3 is 11.1 Å². The van der Waals surface area contributed by atoms with Crippen molar-refractivity contribution in [3.8, 4) is 0 Å². The van der Waals surface area contributed by atoms with Crippen molar-refractivity contribution in [2.24, 2.45) is 5.73 Å². The molecule has 5 heteroatoms. The van der Waals surface area contributed by atoms with Crippen LogP contribution in [0, 0.1) is 6.92 Å². The summed E-state index contributed by atoms with van der Waals surface area (Å²) in [5, 5.41) is 4.22. The van der Waals surface area contributed by atoms with E-state index in [2.05, 4.69) is 16.6 Å². The van der Waals surface area contributed by atoms with Crippen LogP contribution in [0.25, 0.3) is 0 Å². The lowest BCUT2D eigenvalue weighted by Gasteiger charge is -2.32. The smallest absolute Gasteiger partial charge is 0.136 e. The summed E-state index contributed by atoms with van der Waals surface area (Å²) in [5.74, 6) is 0.846. The molecule has 1 aromatic rings. The van der Waals surface area contributed by atoms with Crippen molar-refractivity contribution < 1.29 is 0 Å². The van der Waals surface area contributed by atoms with E-state index in [-0.39, 0.29) is 0 Å². The van der Waals surface area contributed by atoms with Crippen LogP contribution in [0.3, 0.4) is 0 Å². The Bertz CT molecular complexity index is 462. The topological polar surface area (TPSA) is 50.9 Å². The monoisotopic (exact) mass is 295 g/mol. The van der Waals surface area contributed by atoms with E-state index in [1.165, 1.54) is 25.7 Å². The van der Waals surface area contributed by atoms with E-state index in [0.29, 0.717) is 16.3 Å². The minimum Gasteiger partial charge on any atom is -0.389 e. The third kappa shape index (κ3) is 3.39. The molecular formula is C14H21N3S2. The van der Waals surface area contributed by atoms with Crippen LogP contribution in [-0.4, -0.2) is 27.5 Å². The second-order valence-corrected chi connectivity index (χ2v) is 6.54. The van der Waals surface area contributed by atoms with Gasteiger partial charge in [-0.15, -0.1) is 0 Å². The molecule has 2 unspecified atom stereocenters. The Morgan fingerprint density at radius 2 is 2.21 bits per heavy atom. The minimum absolute atomic E-state index is 0.421. The lowest BCUT2D eigenvalue weighted by atomic mass is 9.94. The maximum absolute atomic E-state index is 5.83. The first-order valence-electron chi connectivity index (χ1n) is 6.68. The molecule has 1 aliphatic carbocycles. The number of rotatable bonds is 4. The highest BCUT2D eigenvalue weighted by Gasteiger charge is 2.25. The van der Waals surface area contributed by atoms with Gasteiger partial charge in [-0.2, -0.15) is 11.8 Å². The van der Waals surface area contributed by atoms with Gasteiger partial charge in [0.05, 0.1) is 5.56 Å². The van der Waals surface area contributed by atoms with E-state index in [0.717, 1.165) is 16.9 Å². The first-order chi connectivity index (χ1) is 9.13. The van der Waals surface area contributed by atoms with Crippen molar-refractivity contribution in [3.05, 3.63) is 23.4 Å². The normalized spacial score (nSPS) is 23.1. The van der Waals surface area contributed by atoms with E-state index in [1.54, 1.807) is 0 Å². The van der Waals surface area contributed by atoms with Crippen LogP contribution in [0.1, 0.15) is 36.8 Å². The average Bonchev–Trinajstić information content (AvgIpc) is 2.39. The molecule has 0 saturated heterocycles. The predicted octanol–water partition coefficient (Wildman–Crippen LogP) is 3.11. The molecule has 1 fully saturated rings. The highest BCUT2D eigenvalue weighted by molar-refractivity contribution is 7.99. The summed E-state index contributed by atoms with van der Waals surface area (Å²) in [4.78, 5) is 4.86. The summed E-state index contributed by atoms with van der Waals surface area (Å²) in [7, 11) is 0. The van der Waals surface area contributed by atoms with Gasteiger partial charge in [-0.3, -0.25) is 0 Å². The van der Waals surface area contributed by atoms with Gasteiger partial charge in [0, 0.05) is 17.5 Å². The molecule has 3 N–H and O–H groups in total. The number of pyridine rings is 1. The van der Waals surface area contributed by atoms with Gasteiger partial charge in [0.15, 0.2) is 0 Å². The Morgan fingerprint density at radius 3 is 2.89 bits per heavy atom. The van der Waals surface area contributed by atoms with Crippen molar-refractivity contribution in [1.29, 1.82) is 0 Å². The molecule has 0 spiro atoms. The molecule has 0 radical (unpaired) electrons. The lowest BCUT2D eigenvalue weighted by molar-refractivity contribution is 0.474.